The quantitative estimate of drug-likeness (QED) is 0.377. The van der Waals surface area contributed by atoms with Gasteiger partial charge in [-0.15, -0.1) is 0 Å². The molecular formula is C18H15N7O2. The van der Waals surface area contributed by atoms with Crippen molar-refractivity contribution in [3.63, 3.8) is 0 Å². The SMILES string of the molecule is Cc1nc2ccccn2c1-c1ccnc(Nc2cnc(C(=O)NO)cn2)c1. The van der Waals surface area contributed by atoms with Crippen molar-refractivity contribution in [1.29, 1.82) is 0 Å². The fraction of sp³-hybridized carbons (Fsp3) is 0.0556. The molecule has 3 N–H and O–H groups in total. The monoisotopic (exact) mass is 361 g/mol. The number of aromatic nitrogens is 5. The van der Waals surface area contributed by atoms with E-state index < -0.39 is 5.91 Å². The van der Waals surface area contributed by atoms with Gasteiger partial charge in [0.15, 0.2) is 0 Å². The lowest BCUT2D eigenvalue weighted by Gasteiger charge is -2.08. The number of hydrogen-bond donors (Lipinski definition) is 3. The molecule has 0 bridgehead atoms. The second-order valence-corrected chi connectivity index (χ2v) is 5.76. The Hall–Kier alpha value is -3.85. The summed E-state index contributed by atoms with van der Waals surface area (Å²) in [7, 11) is 0. The Morgan fingerprint density at radius 3 is 2.78 bits per heavy atom. The van der Waals surface area contributed by atoms with E-state index in [1.807, 2.05) is 47.9 Å². The van der Waals surface area contributed by atoms with Gasteiger partial charge in [-0.2, -0.15) is 0 Å². The lowest BCUT2D eigenvalue weighted by atomic mass is 10.1. The van der Waals surface area contributed by atoms with Crippen molar-refractivity contribution in [1.82, 2.24) is 29.8 Å². The molecule has 4 heterocycles. The highest BCUT2D eigenvalue weighted by Crippen LogP contribution is 2.26. The van der Waals surface area contributed by atoms with E-state index in [1.165, 1.54) is 17.9 Å². The minimum atomic E-state index is -0.725. The van der Waals surface area contributed by atoms with Crippen LogP contribution in [0, 0.1) is 6.92 Å². The van der Waals surface area contributed by atoms with Crippen molar-refractivity contribution >= 4 is 23.2 Å². The predicted molar refractivity (Wildman–Crippen MR) is 97.7 cm³/mol. The molecule has 4 rings (SSSR count). The van der Waals surface area contributed by atoms with Crippen LogP contribution in [0.2, 0.25) is 0 Å². The first-order chi connectivity index (χ1) is 13.2. The molecule has 27 heavy (non-hydrogen) atoms. The van der Waals surface area contributed by atoms with Gasteiger partial charge in [0.25, 0.3) is 5.91 Å². The molecule has 0 aliphatic carbocycles. The second kappa shape index (κ2) is 6.81. The van der Waals surface area contributed by atoms with Gasteiger partial charge in [-0.1, -0.05) is 6.07 Å². The average molecular weight is 361 g/mol. The van der Waals surface area contributed by atoms with Crippen LogP contribution in [0.1, 0.15) is 16.2 Å². The molecule has 0 atom stereocenters. The van der Waals surface area contributed by atoms with E-state index >= 15 is 0 Å². The molecule has 4 aromatic heterocycles. The highest BCUT2D eigenvalue weighted by Gasteiger charge is 2.12. The maximum Gasteiger partial charge on any atom is 0.294 e. The number of hydroxylamine groups is 1. The number of carbonyl (C=O) groups is 1. The minimum Gasteiger partial charge on any atom is -0.324 e. The third kappa shape index (κ3) is 3.18. The van der Waals surface area contributed by atoms with E-state index in [0.717, 1.165) is 22.6 Å². The van der Waals surface area contributed by atoms with Crippen molar-refractivity contribution in [2.24, 2.45) is 0 Å². The Labute approximate surface area is 153 Å². The number of aryl methyl sites for hydroxylation is 1. The molecular weight excluding hydrogens is 346 g/mol. The van der Waals surface area contributed by atoms with Crippen LogP contribution in [0.4, 0.5) is 11.6 Å². The average Bonchev–Trinajstić information content (AvgIpc) is 3.04. The van der Waals surface area contributed by atoms with Gasteiger partial charge in [0, 0.05) is 18.0 Å². The van der Waals surface area contributed by atoms with Crippen molar-refractivity contribution in [2.75, 3.05) is 5.32 Å². The summed E-state index contributed by atoms with van der Waals surface area (Å²) < 4.78 is 2.02. The van der Waals surface area contributed by atoms with Crippen LogP contribution in [-0.2, 0) is 0 Å². The Morgan fingerprint density at radius 2 is 2.00 bits per heavy atom. The first kappa shape index (κ1) is 16.6. The number of anilines is 2. The van der Waals surface area contributed by atoms with E-state index in [4.69, 9.17) is 5.21 Å². The van der Waals surface area contributed by atoms with Gasteiger partial charge in [0.2, 0.25) is 0 Å². The molecule has 134 valence electrons. The Kier molecular flexibility index (Phi) is 4.19. The largest absolute Gasteiger partial charge is 0.324 e. The third-order valence-electron chi connectivity index (χ3n) is 3.98. The summed E-state index contributed by atoms with van der Waals surface area (Å²) in [4.78, 5) is 28.2. The summed E-state index contributed by atoms with van der Waals surface area (Å²) in [5.41, 5.74) is 5.24. The van der Waals surface area contributed by atoms with Crippen molar-refractivity contribution in [3.05, 3.63) is 66.5 Å². The topological polar surface area (TPSA) is 117 Å². The molecule has 0 saturated heterocycles. The van der Waals surface area contributed by atoms with Crippen LogP contribution in [0.3, 0.4) is 0 Å². The normalized spacial score (nSPS) is 10.7. The molecule has 1 amide bonds. The molecule has 0 saturated carbocycles. The molecule has 0 radical (unpaired) electrons. The highest BCUT2D eigenvalue weighted by atomic mass is 16.5. The smallest absolute Gasteiger partial charge is 0.294 e. The molecule has 0 aromatic carbocycles. The number of hydrogen-bond acceptors (Lipinski definition) is 7. The number of carbonyl (C=O) groups excluding carboxylic acids is 1. The highest BCUT2D eigenvalue weighted by molar-refractivity contribution is 5.91. The lowest BCUT2D eigenvalue weighted by Crippen LogP contribution is -2.20. The van der Waals surface area contributed by atoms with Gasteiger partial charge in [0.1, 0.15) is 23.0 Å². The van der Waals surface area contributed by atoms with E-state index in [0.29, 0.717) is 11.6 Å². The number of nitrogens with zero attached hydrogens (tertiary/aromatic N) is 5. The zero-order valence-electron chi connectivity index (χ0n) is 14.3. The number of pyridine rings is 2. The van der Waals surface area contributed by atoms with E-state index in [9.17, 15) is 4.79 Å². The number of amides is 1. The Bertz CT molecular complexity index is 1120. The van der Waals surface area contributed by atoms with E-state index in [2.05, 4.69) is 25.3 Å². The van der Waals surface area contributed by atoms with Gasteiger partial charge in [0.05, 0.1) is 23.8 Å². The molecule has 4 aromatic rings. The van der Waals surface area contributed by atoms with Crippen LogP contribution < -0.4 is 10.8 Å². The molecule has 0 spiro atoms. The fourth-order valence-corrected chi connectivity index (χ4v) is 2.81. The van der Waals surface area contributed by atoms with Crippen LogP contribution in [0.5, 0.6) is 0 Å². The van der Waals surface area contributed by atoms with E-state index in [-0.39, 0.29) is 5.69 Å². The van der Waals surface area contributed by atoms with Crippen molar-refractivity contribution in [2.45, 2.75) is 6.92 Å². The summed E-state index contributed by atoms with van der Waals surface area (Å²) in [6.45, 7) is 1.96. The van der Waals surface area contributed by atoms with Gasteiger partial charge in [-0.3, -0.25) is 14.4 Å². The Balaban J connectivity index is 1.65. The number of nitrogens with one attached hydrogen (secondary N) is 2. The number of rotatable bonds is 4. The minimum absolute atomic E-state index is 0.00566. The summed E-state index contributed by atoms with van der Waals surface area (Å²) >= 11 is 0. The maximum absolute atomic E-state index is 11.3. The fourth-order valence-electron chi connectivity index (χ4n) is 2.81. The number of imidazole rings is 1. The molecule has 0 unspecified atom stereocenters. The molecule has 0 aliphatic heterocycles. The van der Waals surface area contributed by atoms with Gasteiger partial charge < -0.3 is 5.32 Å². The third-order valence-corrected chi connectivity index (χ3v) is 3.98. The van der Waals surface area contributed by atoms with E-state index in [1.54, 1.807) is 6.20 Å². The summed E-state index contributed by atoms with van der Waals surface area (Å²) in [5.74, 6) is 0.271. The summed E-state index contributed by atoms with van der Waals surface area (Å²) in [5, 5.41) is 11.7. The first-order valence-electron chi connectivity index (χ1n) is 8.09. The van der Waals surface area contributed by atoms with Gasteiger partial charge >= 0.3 is 0 Å². The summed E-state index contributed by atoms with van der Waals surface area (Å²) in [6.07, 6.45) is 6.31. The maximum atomic E-state index is 11.3. The number of fused-ring (bicyclic) bond motifs is 1. The molecule has 9 nitrogen and oxygen atoms in total. The zero-order valence-corrected chi connectivity index (χ0v) is 14.3. The second-order valence-electron chi connectivity index (χ2n) is 5.76. The first-order valence-corrected chi connectivity index (χ1v) is 8.09. The molecule has 0 aliphatic rings. The molecule has 9 heteroatoms. The van der Waals surface area contributed by atoms with Gasteiger partial charge in [-0.05, 0) is 31.2 Å². The van der Waals surface area contributed by atoms with Crippen molar-refractivity contribution in [3.8, 4) is 11.3 Å². The Morgan fingerprint density at radius 1 is 1.11 bits per heavy atom. The molecule has 0 fully saturated rings. The van der Waals surface area contributed by atoms with Crippen LogP contribution >= 0.6 is 0 Å². The lowest BCUT2D eigenvalue weighted by molar-refractivity contribution is 0.0700. The summed E-state index contributed by atoms with van der Waals surface area (Å²) in [6, 6.07) is 9.66. The standard InChI is InChI=1S/C18H15N7O2/c1-11-17(25-7-3-2-4-16(25)22-11)12-5-6-19-14(8-12)23-15-10-20-13(9-21-15)18(26)24-27/h2-10,27H,1H3,(H,24,26)(H,19,21,23). The van der Waals surface area contributed by atoms with Crippen LogP contribution in [0.25, 0.3) is 16.9 Å². The van der Waals surface area contributed by atoms with Crippen LogP contribution in [-0.4, -0.2) is 35.5 Å². The predicted octanol–water partition coefficient (Wildman–Crippen LogP) is 2.36. The zero-order chi connectivity index (χ0) is 18.8. The van der Waals surface area contributed by atoms with Gasteiger partial charge in [-0.25, -0.2) is 25.4 Å². The van der Waals surface area contributed by atoms with Crippen molar-refractivity contribution < 1.29 is 10.0 Å². The van der Waals surface area contributed by atoms with Crippen LogP contribution in [0.15, 0.2) is 55.1 Å².